The summed E-state index contributed by atoms with van der Waals surface area (Å²) in [6, 6.07) is 25.5. The van der Waals surface area contributed by atoms with Crippen LogP contribution in [0.4, 0.5) is 5.69 Å². The first kappa shape index (κ1) is 19.1. The lowest BCUT2D eigenvalue weighted by molar-refractivity contribution is -0.116. The van der Waals surface area contributed by atoms with Gasteiger partial charge in [0.1, 0.15) is 0 Å². The maximum atomic E-state index is 12.4. The minimum absolute atomic E-state index is 0.0109. The minimum atomic E-state index is -0.0109. The Bertz CT molecular complexity index is 1330. The van der Waals surface area contributed by atoms with Gasteiger partial charge in [-0.05, 0) is 47.7 Å². The van der Waals surface area contributed by atoms with Crippen molar-refractivity contribution in [2.24, 2.45) is 0 Å². The van der Waals surface area contributed by atoms with Crippen LogP contribution in [-0.2, 0) is 11.2 Å². The van der Waals surface area contributed by atoms with Crippen LogP contribution in [0.3, 0.4) is 0 Å². The summed E-state index contributed by atoms with van der Waals surface area (Å²) >= 11 is 1.60. The fourth-order valence-corrected chi connectivity index (χ4v) is 4.08. The quantitative estimate of drug-likeness (QED) is 0.411. The number of rotatable bonds is 6. The second-order valence-electron chi connectivity index (χ2n) is 7.10. The third-order valence-corrected chi connectivity index (χ3v) is 5.80. The van der Waals surface area contributed by atoms with Gasteiger partial charge in [-0.1, -0.05) is 48.5 Å². The summed E-state index contributed by atoms with van der Waals surface area (Å²) in [5.41, 5.74) is 4.29. The second kappa shape index (κ2) is 8.49. The summed E-state index contributed by atoms with van der Waals surface area (Å²) in [5, 5.41) is 18.2. The monoisotopic (exact) mass is 425 g/mol. The Morgan fingerprint density at radius 1 is 0.935 bits per heavy atom. The van der Waals surface area contributed by atoms with Gasteiger partial charge in [-0.3, -0.25) is 4.79 Å². The Morgan fingerprint density at radius 3 is 2.68 bits per heavy atom. The van der Waals surface area contributed by atoms with Gasteiger partial charge in [-0.15, -0.1) is 21.5 Å². The number of anilines is 1. The molecule has 0 aliphatic carbocycles. The number of amides is 1. The smallest absolute Gasteiger partial charge is 0.224 e. The molecule has 3 aromatic heterocycles. The number of hydrogen-bond acceptors (Lipinski definition) is 5. The molecule has 0 unspecified atom stereocenters. The van der Waals surface area contributed by atoms with E-state index in [0.717, 1.165) is 33.2 Å². The summed E-state index contributed by atoms with van der Waals surface area (Å²) in [6.45, 7) is 0. The molecule has 5 aromatic rings. The molecular weight excluding hydrogens is 406 g/mol. The van der Waals surface area contributed by atoms with E-state index < -0.39 is 0 Å². The molecule has 0 aliphatic rings. The summed E-state index contributed by atoms with van der Waals surface area (Å²) in [4.78, 5) is 13.4. The highest BCUT2D eigenvalue weighted by molar-refractivity contribution is 7.13. The highest BCUT2D eigenvalue weighted by Crippen LogP contribution is 2.25. The van der Waals surface area contributed by atoms with E-state index >= 15 is 0 Å². The van der Waals surface area contributed by atoms with Gasteiger partial charge in [0.2, 0.25) is 5.91 Å². The van der Waals surface area contributed by atoms with Gasteiger partial charge >= 0.3 is 0 Å². The summed E-state index contributed by atoms with van der Waals surface area (Å²) in [7, 11) is 0. The van der Waals surface area contributed by atoms with Crippen molar-refractivity contribution >= 4 is 28.6 Å². The Labute approximate surface area is 183 Å². The number of nitrogens with zero attached hydrogens (tertiary/aromatic N) is 4. The highest BCUT2D eigenvalue weighted by atomic mass is 32.1. The number of aromatic nitrogens is 4. The van der Waals surface area contributed by atoms with Crippen LogP contribution >= 0.6 is 11.3 Å². The number of aryl methyl sites for hydroxylation is 1. The third-order valence-electron chi connectivity index (χ3n) is 4.93. The molecule has 0 saturated carbocycles. The third kappa shape index (κ3) is 4.22. The van der Waals surface area contributed by atoms with Crippen LogP contribution in [0, 0.1) is 0 Å². The SMILES string of the molecule is O=C(CCc1ccccc1)Nc1cccc(-c2ccc3nnc(-c4cccs4)n3n2)c1. The van der Waals surface area contributed by atoms with E-state index in [1.54, 1.807) is 15.9 Å². The first-order chi connectivity index (χ1) is 15.3. The lowest BCUT2D eigenvalue weighted by Crippen LogP contribution is -2.12. The summed E-state index contributed by atoms with van der Waals surface area (Å²) in [6.07, 6.45) is 1.15. The van der Waals surface area contributed by atoms with Crippen LogP contribution in [0.2, 0.25) is 0 Å². The lowest BCUT2D eigenvalue weighted by atomic mass is 10.1. The molecule has 0 aliphatic heterocycles. The van der Waals surface area contributed by atoms with E-state index in [4.69, 9.17) is 5.10 Å². The molecular formula is C24H19N5OS. The van der Waals surface area contributed by atoms with E-state index in [9.17, 15) is 4.79 Å². The molecule has 6 nitrogen and oxygen atoms in total. The fourth-order valence-electron chi connectivity index (χ4n) is 3.38. The molecule has 0 bridgehead atoms. The van der Waals surface area contributed by atoms with Crippen molar-refractivity contribution in [3.8, 4) is 22.0 Å². The van der Waals surface area contributed by atoms with Crippen LogP contribution < -0.4 is 5.32 Å². The second-order valence-corrected chi connectivity index (χ2v) is 8.05. The fraction of sp³-hybridized carbons (Fsp3) is 0.0833. The average Bonchev–Trinajstić information content (AvgIpc) is 3.48. The van der Waals surface area contributed by atoms with Crippen molar-refractivity contribution in [1.82, 2.24) is 19.8 Å². The lowest BCUT2D eigenvalue weighted by Gasteiger charge is -2.08. The maximum Gasteiger partial charge on any atom is 0.224 e. The number of hydrogen-bond donors (Lipinski definition) is 1. The average molecular weight is 426 g/mol. The molecule has 0 atom stereocenters. The molecule has 1 N–H and O–H groups in total. The van der Waals surface area contributed by atoms with Crippen molar-refractivity contribution in [2.45, 2.75) is 12.8 Å². The van der Waals surface area contributed by atoms with Crippen LogP contribution in [0.25, 0.3) is 27.6 Å². The predicted octanol–water partition coefficient (Wildman–Crippen LogP) is 5.09. The van der Waals surface area contributed by atoms with Crippen LogP contribution in [0.5, 0.6) is 0 Å². The molecule has 7 heteroatoms. The van der Waals surface area contributed by atoms with E-state index in [0.29, 0.717) is 18.5 Å². The number of fused-ring (bicyclic) bond motifs is 1. The molecule has 3 heterocycles. The Kier molecular flexibility index (Phi) is 5.24. The highest BCUT2D eigenvalue weighted by Gasteiger charge is 2.12. The number of thiophene rings is 1. The minimum Gasteiger partial charge on any atom is -0.326 e. The van der Waals surface area contributed by atoms with Gasteiger partial charge in [0.25, 0.3) is 0 Å². The van der Waals surface area contributed by atoms with Crippen LogP contribution in [-0.4, -0.2) is 25.7 Å². The Balaban J connectivity index is 1.35. The molecule has 0 radical (unpaired) electrons. The molecule has 5 rings (SSSR count). The van der Waals surface area contributed by atoms with Gasteiger partial charge in [0.05, 0.1) is 10.6 Å². The van der Waals surface area contributed by atoms with Gasteiger partial charge in [0, 0.05) is 17.7 Å². The van der Waals surface area contributed by atoms with Crippen molar-refractivity contribution in [2.75, 3.05) is 5.32 Å². The number of benzene rings is 2. The summed E-state index contributed by atoms with van der Waals surface area (Å²) in [5.74, 6) is 0.709. The predicted molar refractivity (Wildman–Crippen MR) is 123 cm³/mol. The zero-order chi connectivity index (χ0) is 21.0. The first-order valence-corrected chi connectivity index (χ1v) is 10.8. The largest absolute Gasteiger partial charge is 0.326 e. The zero-order valence-electron chi connectivity index (χ0n) is 16.6. The summed E-state index contributed by atoms with van der Waals surface area (Å²) < 4.78 is 1.76. The maximum absolute atomic E-state index is 12.4. The molecule has 1 amide bonds. The zero-order valence-corrected chi connectivity index (χ0v) is 17.4. The molecule has 0 fully saturated rings. The van der Waals surface area contributed by atoms with Gasteiger partial charge in [0.15, 0.2) is 11.5 Å². The van der Waals surface area contributed by atoms with Crippen LogP contribution in [0.15, 0.2) is 84.2 Å². The van der Waals surface area contributed by atoms with Crippen molar-refractivity contribution in [3.63, 3.8) is 0 Å². The van der Waals surface area contributed by atoms with Gasteiger partial charge in [-0.25, -0.2) is 0 Å². The molecule has 0 saturated heterocycles. The molecule has 152 valence electrons. The van der Waals surface area contributed by atoms with E-state index in [1.165, 1.54) is 0 Å². The topological polar surface area (TPSA) is 72.2 Å². The van der Waals surface area contributed by atoms with E-state index in [2.05, 4.69) is 15.5 Å². The standard InChI is InChI=1S/C24H19N5OS/c30-23(14-11-17-6-2-1-3-7-17)25-19-9-4-8-18(16-19)20-12-13-22-26-27-24(29(22)28-20)21-10-5-15-31-21/h1-10,12-13,15-16H,11,14H2,(H,25,30). The molecule has 31 heavy (non-hydrogen) atoms. The number of carbonyl (C=O) groups is 1. The normalized spacial score (nSPS) is 11.0. The Hall–Kier alpha value is -3.84. The van der Waals surface area contributed by atoms with Gasteiger partial charge < -0.3 is 5.32 Å². The van der Waals surface area contributed by atoms with E-state index in [1.807, 2.05) is 84.2 Å². The van der Waals surface area contributed by atoms with Crippen molar-refractivity contribution in [1.29, 1.82) is 0 Å². The molecule has 0 spiro atoms. The number of nitrogens with one attached hydrogen (secondary N) is 1. The van der Waals surface area contributed by atoms with E-state index in [-0.39, 0.29) is 5.91 Å². The first-order valence-electron chi connectivity index (χ1n) is 9.97. The van der Waals surface area contributed by atoms with Crippen molar-refractivity contribution in [3.05, 3.63) is 89.8 Å². The van der Waals surface area contributed by atoms with Crippen LogP contribution in [0.1, 0.15) is 12.0 Å². The number of carbonyl (C=O) groups excluding carboxylic acids is 1. The molecule has 2 aromatic carbocycles. The van der Waals surface area contributed by atoms with Crippen molar-refractivity contribution < 1.29 is 4.79 Å². The van der Waals surface area contributed by atoms with Gasteiger partial charge in [-0.2, -0.15) is 9.61 Å². The Morgan fingerprint density at radius 2 is 1.84 bits per heavy atom.